The summed E-state index contributed by atoms with van der Waals surface area (Å²) >= 11 is 6.16. The van der Waals surface area contributed by atoms with Crippen LogP contribution in [-0.2, 0) is 11.3 Å². The van der Waals surface area contributed by atoms with Crippen LogP contribution in [-0.4, -0.2) is 43.3 Å². The molecule has 128 valence electrons. The maximum atomic E-state index is 12.2. The molecule has 0 fully saturated rings. The van der Waals surface area contributed by atoms with E-state index in [-0.39, 0.29) is 6.03 Å². The second kappa shape index (κ2) is 9.10. The third-order valence-electron chi connectivity index (χ3n) is 3.20. The van der Waals surface area contributed by atoms with Crippen molar-refractivity contribution in [1.82, 2.24) is 9.88 Å². The first kappa shape index (κ1) is 18.0. The van der Waals surface area contributed by atoms with Gasteiger partial charge in [-0.25, -0.2) is 4.79 Å². The normalized spacial score (nSPS) is 10.3. The maximum Gasteiger partial charge on any atom is 0.321 e. The van der Waals surface area contributed by atoms with Gasteiger partial charge in [-0.2, -0.15) is 0 Å². The molecule has 0 saturated carbocycles. The van der Waals surface area contributed by atoms with Crippen LogP contribution in [0.15, 0.2) is 42.6 Å². The first-order valence-electron chi connectivity index (χ1n) is 7.43. The molecule has 0 radical (unpaired) electrons. The molecule has 1 N–H and O–H groups in total. The first-order valence-corrected chi connectivity index (χ1v) is 7.81. The fourth-order valence-corrected chi connectivity index (χ4v) is 2.19. The lowest BCUT2D eigenvalue weighted by Gasteiger charge is -2.18. The fourth-order valence-electron chi connectivity index (χ4n) is 1.96. The van der Waals surface area contributed by atoms with Gasteiger partial charge >= 0.3 is 6.03 Å². The minimum Gasteiger partial charge on any atom is -0.490 e. The highest BCUT2D eigenvalue weighted by atomic mass is 35.5. The van der Waals surface area contributed by atoms with Crippen molar-refractivity contribution in [2.45, 2.75) is 6.54 Å². The van der Waals surface area contributed by atoms with Gasteiger partial charge in [0.25, 0.3) is 0 Å². The van der Waals surface area contributed by atoms with E-state index in [2.05, 4.69) is 10.3 Å². The fraction of sp³-hybridized carbons (Fsp3) is 0.294. The Morgan fingerprint density at radius 2 is 2.12 bits per heavy atom. The molecule has 7 heteroatoms. The molecule has 0 spiro atoms. The van der Waals surface area contributed by atoms with E-state index in [4.69, 9.17) is 21.1 Å². The lowest BCUT2D eigenvalue weighted by molar-refractivity contribution is 0.146. The van der Waals surface area contributed by atoms with E-state index in [1.807, 2.05) is 18.2 Å². The van der Waals surface area contributed by atoms with E-state index >= 15 is 0 Å². The summed E-state index contributed by atoms with van der Waals surface area (Å²) in [6.07, 6.45) is 1.70. The second-order valence-electron chi connectivity index (χ2n) is 5.09. The summed E-state index contributed by atoms with van der Waals surface area (Å²) in [7, 11) is 3.30. The van der Waals surface area contributed by atoms with E-state index < -0.39 is 0 Å². The van der Waals surface area contributed by atoms with Gasteiger partial charge in [0.1, 0.15) is 12.4 Å². The third kappa shape index (κ3) is 5.40. The van der Waals surface area contributed by atoms with Gasteiger partial charge in [-0.15, -0.1) is 0 Å². The predicted octanol–water partition coefficient (Wildman–Crippen LogP) is 3.42. The smallest absolute Gasteiger partial charge is 0.321 e. The SMILES string of the molecule is COCCOc1ccc(NC(=O)N(C)Cc2ccccn2)cc1Cl. The quantitative estimate of drug-likeness (QED) is 0.778. The Bertz CT molecular complexity index is 667. The molecule has 0 aliphatic rings. The van der Waals surface area contributed by atoms with E-state index in [9.17, 15) is 4.79 Å². The number of nitrogens with zero attached hydrogens (tertiary/aromatic N) is 2. The van der Waals surface area contributed by atoms with Crippen LogP contribution < -0.4 is 10.1 Å². The highest BCUT2D eigenvalue weighted by Crippen LogP contribution is 2.27. The number of halogens is 1. The van der Waals surface area contributed by atoms with Gasteiger partial charge in [0.2, 0.25) is 0 Å². The molecule has 6 nitrogen and oxygen atoms in total. The standard InChI is InChI=1S/C17H20ClN3O3/c1-21(12-14-5-3-4-8-19-14)17(22)20-13-6-7-16(15(18)11-13)24-10-9-23-2/h3-8,11H,9-10,12H2,1-2H3,(H,20,22). The topological polar surface area (TPSA) is 63.7 Å². The maximum absolute atomic E-state index is 12.2. The number of carbonyl (C=O) groups is 1. The summed E-state index contributed by atoms with van der Waals surface area (Å²) in [5.41, 5.74) is 1.41. The first-order chi connectivity index (χ1) is 11.6. The summed E-state index contributed by atoms with van der Waals surface area (Å²) in [5, 5.41) is 3.22. The van der Waals surface area contributed by atoms with Crippen LogP contribution in [0.2, 0.25) is 5.02 Å². The number of aromatic nitrogens is 1. The molecule has 24 heavy (non-hydrogen) atoms. The molecule has 2 amide bonds. The number of ether oxygens (including phenoxy) is 2. The molecule has 0 saturated heterocycles. The molecule has 0 aliphatic carbocycles. The minimum absolute atomic E-state index is 0.246. The van der Waals surface area contributed by atoms with Crippen LogP contribution in [0.3, 0.4) is 0 Å². The number of pyridine rings is 1. The lowest BCUT2D eigenvalue weighted by Crippen LogP contribution is -2.31. The van der Waals surface area contributed by atoms with Crippen LogP contribution in [0, 0.1) is 0 Å². The average Bonchev–Trinajstić information content (AvgIpc) is 2.58. The van der Waals surface area contributed by atoms with Crippen LogP contribution >= 0.6 is 11.6 Å². The van der Waals surface area contributed by atoms with Crippen molar-refractivity contribution in [1.29, 1.82) is 0 Å². The molecule has 1 heterocycles. The lowest BCUT2D eigenvalue weighted by atomic mass is 10.3. The van der Waals surface area contributed by atoms with Gasteiger partial charge in [0.15, 0.2) is 0 Å². The minimum atomic E-state index is -0.246. The van der Waals surface area contributed by atoms with Crippen molar-refractivity contribution < 1.29 is 14.3 Å². The van der Waals surface area contributed by atoms with Crippen molar-refractivity contribution in [2.75, 3.05) is 32.7 Å². The van der Waals surface area contributed by atoms with E-state index in [1.165, 1.54) is 0 Å². The zero-order valence-electron chi connectivity index (χ0n) is 13.7. The van der Waals surface area contributed by atoms with Gasteiger partial charge in [-0.1, -0.05) is 17.7 Å². The average molecular weight is 350 g/mol. The van der Waals surface area contributed by atoms with Crippen molar-refractivity contribution in [3.63, 3.8) is 0 Å². The monoisotopic (exact) mass is 349 g/mol. The number of amides is 2. The number of anilines is 1. The zero-order valence-corrected chi connectivity index (χ0v) is 14.4. The third-order valence-corrected chi connectivity index (χ3v) is 3.50. The van der Waals surface area contributed by atoms with Crippen LogP contribution in [0.25, 0.3) is 0 Å². The van der Waals surface area contributed by atoms with E-state index in [0.717, 1.165) is 5.69 Å². The summed E-state index contributed by atoms with van der Waals surface area (Å²) in [4.78, 5) is 18.0. The number of hydrogen-bond acceptors (Lipinski definition) is 4. The number of methoxy groups -OCH3 is 1. The van der Waals surface area contributed by atoms with E-state index in [1.54, 1.807) is 43.5 Å². The molecule has 2 aromatic rings. The Morgan fingerprint density at radius 3 is 2.79 bits per heavy atom. The number of urea groups is 1. The number of carbonyl (C=O) groups excluding carboxylic acids is 1. The largest absolute Gasteiger partial charge is 0.490 e. The molecule has 0 atom stereocenters. The summed E-state index contributed by atoms with van der Waals surface area (Å²) in [5.74, 6) is 0.550. The Hall–Kier alpha value is -2.31. The molecular weight excluding hydrogens is 330 g/mol. The number of rotatable bonds is 7. The Kier molecular flexibility index (Phi) is 6.84. The van der Waals surface area contributed by atoms with Gasteiger partial charge in [-0.05, 0) is 30.3 Å². The van der Waals surface area contributed by atoms with Crippen LogP contribution in [0.5, 0.6) is 5.75 Å². The van der Waals surface area contributed by atoms with Crippen LogP contribution in [0.1, 0.15) is 5.69 Å². The molecule has 0 bridgehead atoms. The number of nitrogens with one attached hydrogen (secondary N) is 1. The molecule has 1 aromatic carbocycles. The predicted molar refractivity (Wildman–Crippen MR) is 93.5 cm³/mol. The van der Waals surface area contributed by atoms with Crippen molar-refractivity contribution in [3.8, 4) is 5.75 Å². The highest BCUT2D eigenvalue weighted by Gasteiger charge is 2.11. The molecule has 1 aromatic heterocycles. The van der Waals surface area contributed by atoms with Gasteiger partial charge in [-0.3, -0.25) is 4.98 Å². The zero-order chi connectivity index (χ0) is 17.4. The summed E-state index contributed by atoms with van der Waals surface area (Å²) in [6, 6.07) is 10.4. The van der Waals surface area contributed by atoms with Gasteiger partial charge in [0, 0.05) is 26.0 Å². The van der Waals surface area contributed by atoms with Crippen molar-refractivity contribution in [2.24, 2.45) is 0 Å². The van der Waals surface area contributed by atoms with Crippen molar-refractivity contribution >= 4 is 23.3 Å². The molecule has 2 rings (SSSR count). The van der Waals surface area contributed by atoms with Crippen molar-refractivity contribution in [3.05, 3.63) is 53.3 Å². The van der Waals surface area contributed by atoms with E-state index in [0.29, 0.717) is 36.2 Å². The number of hydrogen-bond donors (Lipinski definition) is 1. The molecule has 0 unspecified atom stereocenters. The Labute approximate surface area is 146 Å². The summed E-state index contributed by atoms with van der Waals surface area (Å²) < 4.78 is 10.4. The Balaban J connectivity index is 1.92. The second-order valence-corrected chi connectivity index (χ2v) is 5.50. The molecular formula is C17H20ClN3O3. The van der Waals surface area contributed by atoms with Gasteiger partial charge in [0.05, 0.1) is 23.9 Å². The molecule has 0 aliphatic heterocycles. The highest BCUT2D eigenvalue weighted by molar-refractivity contribution is 6.32. The van der Waals surface area contributed by atoms with Gasteiger partial charge < -0.3 is 19.7 Å². The summed E-state index contributed by atoms with van der Waals surface area (Å²) in [6.45, 7) is 1.31. The Morgan fingerprint density at radius 1 is 1.29 bits per heavy atom. The van der Waals surface area contributed by atoms with Crippen LogP contribution in [0.4, 0.5) is 10.5 Å². The number of benzene rings is 1.